The number of nitrogens with zero attached hydrogens (tertiary/aromatic N) is 1. The SMILES string of the molecule is CN(O)c1cc(=O)c2scc(Br)c2o1. The highest BCUT2D eigenvalue weighted by molar-refractivity contribution is 9.10. The van der Waals surface area contributed by atoms with E-state index in [0.717, 1.165) is 9.54 Å². The minimum Gasteiger partial charge on any atom is -0.436 e. The second-order valence-corrected chi connectivity index (χ2v) is 4.45. The summed E-state index contributed by atoms with van der Waals surface area (Å²) in [4.78, 5) is 11.5. The van der Waals surface area contributed by atoms with Gasteiger partial charge in [0.2, 0.25) is 11.3 Å². The molecule has 1 N–H and O–H groups in total. The summed E-state index contributed by atoms with van der Waals surface area (Å²) in [5.74, 6) is 0.126. The van der Waals surface area contributed by atoms with Gasteiger partial charge in [0.25, 0.3) is 0 Å². The molecule has 2 rings (SSSR count). The molecule has 0 bridgehead atoms. The molecule has 74 valence electrons. The van der Waals surface area contributed by atoms with E-state index in [1.54, 1.807) is 5.38 Å². The van der Waals surface area contributed by atoms with Crippen molar-refractivity contribution in [3.05, 3.63) is 26.1 Å². The Bertz CT molecular complexity index is 531. The number of rotatable bonds is 1. The van der Waals surface area contributed by atoms with Gasteiger partial charge < -0.3 is 4.42 Å². The van der Waals surface area contributed by atoms with Crippen LogP contribution in [0.4, 0.5) is 5.88 Å². The molecule has 0 saturated heterocycles. The van der Waals surface area contributed by atoms with E-state index in [1.165, 1.54) is 24.5 Å². The number of anilines is 1. The number of hydrogen-bond acceptors (Lipinski definition) is 5. The van der Waals surface area contributed by atoms with Crippen LogP contribution in [0, 0.1) is 0 Å². The third kappa shape index (κ3) is 1.45. The molecule has 6 heteroatoms. The second kappa shape index (κ2) is 3.38. The lowest BCUT2D eigenvalue weighted by atomic mass is 10.4. The first kappa shape index (κ1) is 9.70. The van der Waals surface area contributed by atoms with Crippen LogP contribution in [-0.4, -0.2) is 12.3 Å². The Morgan fingerprint density at radius 2 is 2.36 bits per heavy atom. The van der Waals surface area contributed by atoms with Crippen molar-refractivity contribution in [3.63, 3.8) is 0 Å². The molecule has 0 saturated carbocycles. The van der Waals surface area contributed by atoms with Crippen molar-refractivity contribution in [2.75, 3.05) is 12.1 Å². The second-order valence-electron chi connectivity index (χ2n) is 2.71. The van der Waals surface area contributed by atoms with Gasteiger partial charge in [-0.15, -0.1) is 11.3 Å². The fourth-order valence-electron chi connectivity index (χ4n) is 1.06. The molecule has 0 radical (unpaired) electrons. The monoisotopic (exact) mass is 275 g/mol. The van der Waals surface area contributed by atoms with E-state index in [2.05, 4.69) is 15.9 Å². The Hall–Kier alpha value is -0.850. The van der Waals surface area contributed by atoms with Gasteiger partial charge in [0.1, 0.15) is 4.70 Å². The molecular weight excluding hydrogens is 270 g/mol. The highest BCUT2D eigenvalue weighted by atomic mass is 79.9. The molecule has 0 amide bonds. The normalized spacial score (nSPS) is 10.8. The third-order valence-electron chi connectivity index (χ3n) is 1.71. The molecule has 0 spiro atoms. The van der Waals surface area contributed by atoms with E-state index in [0.29, 0.717) is 10.3 Å². The number of hydroxylamine groups is 1. The van der Waals surface area contributed by atoms with Crippen molar-refractivity contribution < 1.29 is 9.62 Å². The van der Waals surface area contributed by atoms with Gasteiger partial charge in [0.05, 0.1) is 4.47 Å². The molecule has 2 heterocycles. The van der Waals surface area contributed by atoms with Crippen molar-refractivity contribution in [1.29, 1.82) is 0 Å². The summed E-state index contributed by atoms with van der Waals surface area (Å²) < 4.78 is 6.58. The summed E-state index contributed by atoms with van der Waals surface area (Å²) in [6.45, 7) is 0. The van der Waals surface area contributed by atoms with E-state index in [9.17, 15) is 4.79 Å². The van der Waals surface area contributed by atoms with Crippen LogP contribution in [0.15, 0.2) is 25.1 Å². The van der Waals surface area contributed by atoms with E-state index >= 15 is 0 Å². The summed E-state index contributed by atoms with van der Waals surface area (Å²) >= 11 is 4.57. The zero-order valence-electron chi connectivity index (χ0n) is 7.15. The van der Waals surface area contributed by atoms with E-state index in [1.807, 2.05) is 0 Å². The molecular formula is C8H6BrNO3S. The van der Waals surface area contributed by atoms with Crippen molar-refractivity contribution in [3.8, 4) is 0 Å². The predicted octanol–water partition coefficient (Wildman–Crippen LogP) is 2.44. The Balaban J connectivity index is 2.82. The minimum atomic E-state index is -0.155. The van der Waals surface area contributed by atoms with Gasteiger partial charge >= 0.3 is 0 Å². The Morgan fingerprint density at radius 1 is 1.64 bits per heavy atom. The summed E-state index contributed by atoms with van der Waals surface area (Å²) in [5.41, 5.74) is 0.316. The molecule has 2 aromatic rings. The van der Waals surface area contributed by atoms with Crippen LogP contribution in [0.5, 0.6) is 0 Å². The summed E-state index contributed by atoms with van der Waals surface area (Å²) in [7, 11) is 1.39. The summed E-state index contributed by atoms with van der Waals surface area (Å²) in [6, 6.07) is 1.26. The van der Waals surface area contributed by atoms with Crippen LogP contribution in [0.25, 0.3) is 10.3 Å². The van der Waals surface area contributed by atoms with Crippen molar-refractivity contribution in [2.24, 2.45) is 0 Å². The lowest BCUT2D eigenvalue weighted by Crippen LogP contribution is -2.12. The Labute approximate surface area is 91.5 Å². The van der Waals surface area contributed by atoms with Crippen molar-refractivity contribution in [1.82, 2.24) is 0 Å². The zero-order chi connectivity index (χ0) is 10.3. The van der Waals surface area contributed by atoms with Crippen LogP contribution in [0.2, 0.25) is 0 Å². The first-order valence-corrected chi connectivity index (χ1v) is 5.40. The highest BCUT2D eigenvalue weighted by Gasteiger charge is 2.11. The molecule has 14 heavy (non-hydrogen) atoms. The fourth-order valence-corrected chi connectivity index (χ4v) is 2.52. The molecule has 0 unspecified atom stereocenters. The largest absolute Gasteiger partial charge is 0.436 e. The maximum Gasteiger partial charge on any atom is 0.223 e. The fraction of sp³-hybridized carbons (Fsp3) is 0.125. The number of fused-ring (bicyclic) bond motifs is 1. The van der Waals surface area contributed by atoms with Gasteiger partial charge in [-0.1, -0.05) is 0 Å². The topological polar surface area (TPSA) is 53.7 Å². The number of hydrogen-bond donors (Lipinski definition) is 1. The maximum absolute atomic E-state index is 11.5. The van der Waals surface area contributed by atoms with Gasteiger partial charge in [0, 0.05) is 18.5 Å². The first-order chi connectivity index (χ1) is 6.59. The zero-order valence-corrected chi connectivity index (χ0v) is 9.55. The molecule has 0 atom stereocenters. The third-order valence-corrected chi connectivity index (χ3v) is 3.58. The Morgan fingerprint density at radius 3 is 3.00 bits per heavy atom. The predicted molar refractivity (Wildman–Crippen MR) is 58.3 cm³/mol. The van der Waals surface area contributed by atoms with Gasteiger partial charge in [0.15, 0.2) is 5.58 Å². The van der Waals surface area contributed by atoms with E-state index < -0.39 is 0 Å². The van der Waals surface area contributed by atoms with E-state index in [-0.39, 0.29) is 11.3 Å². The minimum absolute atomic E-state index is 0.126. The standard InChI is InChI=1S/C8H6BrNO3S/c1-10(12)6-2-5(11)8-7(13-6)4(9)3-14-8/h2-3,12H,1H3. The summed E-state index contributed by atoms with van der Waals surface area (Å²) in [6.07, 6.45) is 0. The molecule has 4 nitrogen and oxygen atoms in total. The quantitative estimate of drug-likeness (QED) is 0.813. The Kier molecular flexibility index (Phi) is 2.34. The van der Waals surface area contributed by atoms with Crippen molar-refractivity contribution in [2.45, 2.75) is 0 Å². The average molecular weight is 276 g/mol. The molecule has 0 aliphatic carbocycles. The molecule has 0 aromatic carbocycles. The smallest absolute Gasteiger partial charge is 0.223 e. The van der Waals surface area contributed by atoms with Crippen LogP contribution >= 0.6 is 27.3 Å². The first-order valence-electron chi connectivity index (χ1n) is 3.73. The van der Waals surface area contributed by atoms with Crippen molar-refractivity contribution >= 4 is 43.4 Å². The number of halogens is 1. The molecule has 0 fully saturated rings. The average Bonchev–Trinajstić information content (AvgIpc) is 2.48. The number of thiophene rings is 1. The lowest BCUT2D eigenvalue weighted by molar-refractivity contribution is 0.258. The molecule has 0 aliphatic heterocycles. The van der Waals surface area contributed by atoms with Crippen LogP contribution in [0.1, 0.15) is 0 Å². The van der Waals surface area contributed by atoms with Gasteiger partial charge in [-0.25, -0.2) is 5.06 Å². The lowest BCUT2D eigenvalue weighted by Gasteiger charge is -2.07. The molecule has 0 aliphatic rings. The molecule has 2 aromatic heterocycles. The maximum atomic E-state index is 11.5. The van der Waals surface area contributed by atoms with Gasteiger partial charge in [-0.05, 0) is 15.9 Å². The van der Waals surface area contributed by atoms with Gasteiger partial charge in [-0.3, -0.25) is 10.0 Å². The van der Waals surface area contributed by atoms with Gasteiger partial charge in [-0.2, -0.15) is 0 Å². The van der Waals surface area contributed by atoms with E-state index in [4.69, 9.17) is 9.62 Å². The van der Waals surface area contributed by atoms with Crippen LogP contribution < -0.4 is 10.5 Å². The van der Waals surface area contributed by atoms with Crippen LogP contribution in [-0.2, 0) is 0 Å². The highest BCUT2D eigenvalue weighted by Crippen LogP contribution is 2.30. The van der Waals surface area contributed by atoms with Crippen LogP contribution in [0.3, 0.4) is 0 Å². The summed E-state index contributed by atoms with van der Waals surface area (Å²) in [5, 5.41) is 11.7.